The second-order valence-electron chi connectivity index (χ2n) is 15.2. The van der Waals surface area contributed by atoms with Gasteiger partial charge in [0.1, 0.15) is 29.4 Å². The number of rotatable bonds is 18. The van der Waals surface area contributed by atoms with Crippen molar-refractivity contribution in [3.8, 4) is 28.2 Å². The maximum absolute atomic E-state index is 13.0. The van der Waals surface area contributed by atoms with Crippen LogP contribution in [0.3, 0.4) is 0 Å². The molecular weight excluding hydrogens is 880 g/mol. The minimum Gasteiger partial charge on any atom is -0.508 e. The number of phenolic OH excluding ortho intramolecular Hbond substituents is 1. The number of ether oxygens (including phenoxy) is 1. The summed E-state index contributed by atoms with van der Waals surface area (Å²) in [5.41, 5.74) is 0.209. The van der Waals surface area contributed by atoms with E-state index in [1.807, 2.05) is 0 Å². The van der Waals surface area contributed by atoms with Crippen molar-refractivity contribution in [3.63, 3.8) is 0 Å². The van der Waals surface area contributed by atoms with Crippen molar-refractivity contribution >= 4 is 59.9 Å². The molecule has 4 heterocycles. The van der Waals surface area contributed by atoms with Gasteiger partial charge >= 0.3 is 19.5 Å². The predicted octanol–water partition coefficient (Wildman–Crippen LogP) is 3.97. The Morgan fingerprint density at radius 2 is 1.78 bits per heavy atom. The lowest BCUT2D eigenvalue weighted by Gasteiger charge is -2.18. The number of carboxylic acid groups (broad SMARTS) is 1. The number of fused-ring (bicyclic) bond motifs is 2. The summed E-state index contributed by atoms with van der Waals surface area (Å²) in [4.78, 5) is 100. The number of phenols is 1. The fourth-order valence-electron chi connectivity index (χ4n) is 7.52. The van der Waals surface area contributed by atoms with E-state index < -0.39 is 61.2 Å². The molecule has 0 bridgehead atoms. The van der Waals surface area contributed by atoms with E-state index in [4.69, 9.17) is 18.2 Å². The second-order valence-corrected chi connectivity index (χ2v) is 18.0. The van der Waals surface area contributed by atoms with Crippen molar-refractivity contribution in [1.29, 1.82) is 0 Å². The molecule has 22 heteroatoms. The Bertz CT molecular complexity index is 2820. The van der Waals surface area contributed by atoms with Gasteiger partial charge in [-0.05, 0) is 61.7 Å². The average Bonchev–Trinajstić information content (AvgIpc) is 3.74. The van der Waals surface area contributed by atoms with Crippen LogP contribution in [0.4, 0.5) is 5.69 Å². The quantitative estimate of drug-likeness (QED) is 0.0314. The SMILES string of the molecule is Cc1cn([C@H]2C[C@@H](O)[C@@H](COP(=O)(O)OCCSC3CC(=O)N(CCCCCC(=O)Nc4ccc(-c5c6ccc(=O)cc-6oc6cc(O)ccc56)c(C(=O)O)c4)C3=O)O2)c(=O)[nH]c1=O. The van der Waals surface area contributed by atoms with Crippen LogP contribution < -0.4 is 22.0 Å². The summed E-state index contributed by atoms with van der Waals surface area (Å²) in [6.45, 7) is 0.772. The number of nitrogens with zero attached hydrogens (tertiary/aromatic N) is 2. The number of amides is 3. The van der Waals surface area contributed by atoms with Crippen LogP contribution in [0.5, 0.6) is 5.75 Å². The Balaban J connectivity index is 0.833. The molecule has 5 atom stereocenters. The second kappa shape index (κ2) is 19.4. The molecule has 1 aliphatic carbocycles. The maximum atomic E-state index is 13.0. The number of anilines is 1. The highest BCUT2D eigenvalue weighted by atomic mass is 32.2. The number of aromatic carboxylic acids is 1. The zero-order valence-electron chi connectivity index (χ0n) is 34.1. The number of aryl methyl sites for hydroxylation is 1. The van der Waals surface area contributed by atoms with Crippen molar-refractivity contribution in [2.24, 2.45) is 0 Å². The van der Waals surface area contributed by atoms with Gasteiger partial charge in [-0.25, -0.2) is 14.2 Å². The Kier molecular flexibility index (Phi) is 14.0. The molecule has 0 saturated carbocycles. The molecule has 6 N–H and O–H groups in total. The molecule has 0 radical (unpaired) electrons. The van der Waals surface area contributed by atoms with E-state index in [2.05, 4.69) is 10.3 Å². The van der Waals surface area contributed by atoms with Gasteiger partial charge in [0, 0.05) is 77.7 Å². The molecule has 2 unspecified atom stereocenters. The van der Waals surface area contributed by atoms with Gasteiger partial charge in [0.05, 0.1) is 30.1 Å². The Morgan fingerprint density at radius 1 is 1.00 bits per heavy atom. The number of H-pyrrole nitrogens is 1. The van der Waals surface area contributed by atoms with Crippen LogP contribution in [0.1, 0.15) is 60.7 Å². The van der Waals surface area contributed by atoms with Crippen LogP contribution in [0.15, 0.2) is 79.6 Å². The molecule has 2 aromatic carbocycles. The van der Waals surface area contributed by atoms with Crippen LogP contribution in [-0.4, -0.2) is 101 Å². The predicted molar refractivity (Wildman–Crippen MR) is 230 cm³/mol. The number of imide groups is 1. The van der Waals surface area contributed by atoms with Crippen LogP contribution in [0, 0.1) is 6.92 Å². The van der Waals surface area contributed by atoms with Crippen molar-refractivity contribution in [3.05, 3.63) is 103 Å². The molecule has 0 spiro atoms. The Hall–Kier alpha value is -5.93. The average molecular weight is 923 g/mol. The normalized spacial score (nSPS) is 19.7. The fraction of sp³-hybridized carbons (Fsp3) is 0.357. The van der Waals surface area contributed by atoms with Gasteiger partial charge in [0.2, 0.25) is 17.7 Å². The number of benzene rings is 3. The van der Waals surface area contributed by atoms with Gasteiger partial charge in [-0.15, -0.1) is 11.8 Å². The number of nitrogens with one attached hydrogen (secondary N) is 2. The number of aromatic amines is 1. The number of carbonyl (C=O) groups excluding carboxylic acids is 3. The summed E-state index contributed by atoms with van der Waals surface area (Å²) in [5, 5.41) is 33.1. The number of phosphoric ester groups is 1. The van der Waals surface area contributed by atoms with E-state index in [1.165, 1.54) is 49.5 Å². The first-order valence-electron chi connectivity index (χ1n) is 20.1. The van der Waals surface area contributed by atoms with E-state index in [0.29, 0.717) is 41.3 Å². The molecule has 338 valence electrons. The molecule has 3 aliphatic heterocycles. The molecule has 2 saturated heterocycles. The summed E-state index contributed by atoms with van der Waals surface area (Å²) < 4.78 is 35.1. The minimum atomic E-state index is -4.63. The topological polar surface area (TPSA) is 294 Å². The van der Waals surface area contributed by atoms with Gasteiger partial charge < -0.3 is 34.7 Å². The number of aliphatic hydroxyl groups excluding tert-OH is 1. The minimum absolute atomic E-state index is 0.0445. The molecule has 3 aromatic rings. The van der Waals surface area contributed by atoms with Gasteiger partial charge in [-0.3, -0.25) is 47.5 Å². The lowest BCUT2D eigenvalue weighted by Crippen LogP contribution is -2.33. The Morgan fingerprint density at radius 3 is 2.56 bits per heavy atom. The van der Waals surface area contributed by atoms with E-state index in [9.17, 15) is 58.3 Å². The van der Waals surface area contributed by atoms with Gasteiger partial charge in [0.25, 0.3) is 5.56 Å². The summed E-state index contributed by atoms with van der Waals surface area (Å²) >= 11 is 1.08. The van der Waals surface area contributed by atoms with Crippen LogP contribution in [-0.2, 0) is 32.7 Å². The number of hydrogen-bond donors (Lipinski definition) is 6. The number of aromatic nitrogens is 2. The Labute approximate surface area is 366 Å². The summed E-state index contributed by atoms with van der Waals surface area (Å²) in [6.07, 6.45) is -0.609. The molecule has 2 fully saturated rings. The zero-order chi connectivity index (χ0) is 45.9. The highest BCUT2D eigenvalue weighted by molar-refractivity contribution is 8.00. The van der Waals surface area contributed by atoms with Gasteiger partial charge in [0.15, 0.2) is 5.43 Å². The summed E-state index contributed by atoms with van der Waals surface area (Å²) in [6, 6.07) is 13.0. The number of hydrogen-bond acceptors (Lipinski definition) is 15. The lowest BCUT2D eigenvalue weighted by molar-refractivity contribution is -0.138. The molecular formula is C42H43N4O16PS. The zero-order valence-corrected chi connectivity index (χ0v) is 35.8. The summed E-state index contributed by atoms with van der Waals surface area (Å²) in [5.74, 6) is -2.24. The van der Waals surface area contributed by atoms with Crippen LogP contribution in [0.25, 0.3) is 33.4 Å². The van der Waals surface area contributed by atoms with E-state index in [0.717, 1.165) is 21.2 Å². The van der Waals surface area contributed by atoms with Crippen molar-refractivity contribution in [2.75, 3.05) is 30.8 Å². The first-order chi connectivity index (χ1) is 30.5. The number of aliphatic hydroxyl groups is 1. The highest BCUT2D eigenvalue weighted by Crippen LogP contribution is 2.45. The van der Waals surface area contributed by atoms with Gasteiger partial charge in [-0.2, -0.15) is 0 Å². The van der Waals surface area contributed by atoms with Crippen LogP contribution in [0.2, 0.25) is 0 Å². The molecule has 20 nitrogen and oxygen atoms in total. The highest BCUT2D eigenvalue weighted by Gasteiger charge is 2.39. The van der Waals surface area contributed by atoms with E-state index in [1.54, 1.807) is 18.2 Å². The third-order valence-corrected chi connectivity index (χ3v) is 12.8. The van der Waals surface area contributed by atoms with Crippen molar-refractivity contribution in [1.82, 2.24) is 14.5 Å². The largest absolute Gasteiger partial charge is 0.508 e. The lowest BCUT2D eigenvalue weighted by atomic mass is 9.90. The third kappa shape index (κ3) is 10.5. The van der Waals surface area contributed by atoms with Crippen molar-refractivity contribution < 1.29 is 62.2 Å². The number of likely N-dealkylation sites (tertiary alicyclic amines) is 1. The smallest absolute Gasteiger partial charge is 0.472 e. The van der Waals surface area contributed by atoms with E-state index >= 15 is 0 Å². The van der Waals surface area contributed by atoms with Crippen molar-refractivity contribution in [2.45, 2.75) is 69.1 Å². The first kappa shape index (κ1) is 46.1. The number of thioether (sulfide) groups is 1. The summed E-state index contributed by atoms with van der Waals surface area (Å²) in [7, 11) is -4.63. The van der Waals surface area contributed by atoms with Crippen LogP contribution >= 0.6 is 19.6 Å². The number of carboxylic acids is 1. The number of carbonyl (C=O) groups is 4. The molecule has 3 amide bonds. The monoisotopic (exact) mass is 922 g/mol. The first-order valence-corrected chi connectivity index (χ1v) is 22.6. The molecule has 64 heavy (non-hydrogen) atoms. The van der Waals surface area contributed by atoms with Gasteiger partial charge in [-0.1, -0.05) is 12.5 Å². The standard InChI is InChI=1S/C42H43N4O16PS/c1-22-20-46(42(56)44-39(22)52)37-18-30(49)33(62-37)21-60-63(57,58)59-13-14-64-34-19-36(51)45(40(34)53)12-4-2-3-5-35(50)43-23-6-9-26(29(15-23)41(54)55)38-27-10-7-24(47)16-31(27)61-32-17-25(48)8-11-28(32)38/h6-11,15-17,20,30,33-34,37,47,49H,2-5,12-14,18-19,21H2,1H3,(H,43,50)(H,54,55)(H,57,58)(H,44,52,56)/t30-,33-,34?,37-/m1/s1. The number of unbranched alkanes of at least 4 members (excludes halogenated alkanes) is 2. The van der Waals surface area contributed by atoms with E-state index in [-0.39, 0.29) is 89.3 Å². The molecule has 4 aliphatic rings. The maximum Gasteiger partial charge on any atom is 0.472 e. The third-order valence-electron chi connectivity index (χ3n) is 10.7. The fourth-order valence-corrected chi connectivity index (χ4v) is 9.37. The number of phosphoric acid groups is 1. The number of aromatic hydroxyl groups is 1. The molecule has 7 rings (SSSR count). The molecule has 1 aromatic heterocycles.